The number of ether oxygens (including phenoxy) is 1. The molecule has 0 aliphatic carbocycles. The van der Waals surface area contributed by atoms with E-state index in [9.17, 15) is 5.11 Å². The Morgan fingerprint density at radius 2 is 1.50 bits per heavy atom. The fourth-order valence-electron chi connectivity index (χ4n) is 2.17. The number of aliphatic hydroxyl groups excluding tert-OH is 1. The zero-order valence-electron chi connectivity index (χ0n) is 13.9. The van der Waals surface area contributed by atoms with Crippen LogP contribution in [0.5, 0.6) is 0 Å². The molecule has 0 rings (SSSR count). The van der Waals surface area contributed by atoms with E-state index in [1.807, 2.05) is 0 Å². The summed E-state index contributed by atoms with van der Waals surface area (Å²) in [5.74, 6) is 0.374. The average Bonchev–Trinajstić information content (AvgIpc) is 2.11. The van der Waals surface area contributed by atoms with Gasteiger partial charge in [-0.2, -0.15) is 0 Å². The Balaban J connectivity index is 4.66. The Labute approximate surface area is 115 Å². The molecule has 0 amide bonds. The number of aliphatic hydroxyl groups is 1. The third kappa shape index (κ3) is 4.67. The maximum Gasteiger partial charge on any atom is 0.160 e. The first kappa shape index (κ1) is 18.1. The van der Waals surface area contributed by atoms with E-state index in [1.165, 1.54) is 0 Å². The molecule has 0 aliphatic rings. The van der Waals surface area contributed by atoms with Gasteiger partial charge in [0.15, 0.2) is 6.29 Å². The van der Waals surface area contributed by atoms with Crippen LogP contribution in [-0.2, 0) is 4.74 Å². The molecule has 1 N–H and O–H groups in total. The Hall–Kier alpha value is 0.137. The van der Waals surface area contributed by atoms with Crippen LogP contribution in [0.15, 0.2) is 0 Å². The van der Waals surface area contributed by atoms with Gasteiger partial charge in [0.1, 0.15) is 0 Å². The van der Waals surface area contributed by atoms with Gasteiger partial charge < -0.3 is 9.84 Å². The highest BCUT2D eigenvalue weighted by atomic mass is 28.3. The SMILES string of the molecule is CC(C)C(C)(C(O)OCC[Si](C)(C)C)C(C)(C)C. The number of hydrogen-bond acceptors (Lipinski definition) is 2. The van der Waals surface area contributed by atoms with E-state index < -0.39 is 14.4 Å². The molecule has 2 unspecified atom stereocenters. The third-order valence-electron chi connectivity index (χ3n) is 4.46. The largest absolute Gasteiger partial charge is 0.367 e. The fraction of sp³-hybridized carbons (Fsp3) is 1.00. The molecule has 0 aromatic heterocycles. The summed E-state index contributed by atoms with van der Waals surface area (Å²) >= 11 is 0. The first-order chi connectivity index (χ1) is 7.82. The van der Waals surface area contributed by atoms with Crippen molar-refractivity contribution in [1.82, 2.24) is 0 Å². The van der Waals surface area contributed by atoms with Crippen LogP contribution in [0.4, 0.5) is 0 Å². The molecular formula is C15H34O2Si. The van der Waals surface area contributed by atoms with Gasteiger partial charge in [0.25, 0.3) is 0 Å². The van der Waals surface area contributed by atoms with Crippen molar-refractivity contribution < 1.29 is 9.84 Å². The third-order valence-corrected chi connectivity index (χ3v) is 6.16. The minimum atomic E-state index is -1.09. The summed E-state index contributed by atoms with van der Waals surface area (Å²) in [6.07, 6.45) is -0.686. The molecule has 0 aliphatic heterocycles. The van der Waals surface area contributed by atoms with Gasteiger partial charge in [-0.3, -0.25) is 0 Å². The lowest BCUT2D eigenvalue weighted by molar-refractivity contribution is -0.216. The molecular weight excluding hydrogens is 240 g/mol. The quantitative estimate of drug-likeness (QED) is 0.576. The summed E-state index contributed by atoms with van der Waals surface area (Å²) in [5.41, 5.74) is -0.216. The second-order valence-electron chi connectivity index (χ2n) is 8.22. The highest BCUT2D eigenvalue weighted by Gasteiger charge is 2.46. The Morgan fingerprint density at radius 1 is 1.06 bits per heavy atom. The van der Waals surface area contributed by atoms with Crippen LogP contribution < -0.4 is 0 Å². The summed E-state index contributed by atoms with van der Waals surface area (Å²) in [4.78, 5) is 0. The maximum absolute atomic E-state index is 10.5. The van der Waals surface area contributed by atoms with Crippen LogP contribution in [-0.4, -0.2) is 26.1 Å². The molecule has 0 heterocycles. The van der Waals surface area contributed by atoms with Gasteiger partial charge in [-0.05, 0) is 17.4 Å². The minimum absolute atomic E-state index is 0.0136. The van der Waals surface area contributed by atoms with E-state index >= 15 is 0 Å². The maximum atomic E-state index is 10.5. The van der Waals surface area contributed by atoms with E-state index in [0.29, 0.717) is 12.5 Å². The van der Waals surface area contributed by atoms with Crippen molar-refractivity contribution in [2.75, 3.05) is 6.61 Å². The molecule has 3 heteroatoms. The standard InChI is InChI=1S/C15H34O2Si/c1-12(2)15(6,14(3,4)5)13(16)17-10-11-18(7,8)9/h12-13,16H,10-11H2,1-9H3. The Morgan fingerprint density at radius 3 is 1.78 bits per heavy atom. The molecule has 0 bridgehead atoms. The van der Waals surface area contributed by atoms with Crippen molar-refractivity contribution in [3.05, 3.63) is 0 Å². The van der Waals surface area contributed by atoms with Crippen LogP contribution in [0.2, 0.25) is 25.7 Å². The van der Waals surface area contributed by atoms with Crippen LogP contribution in [0.3, 0.4) is 0 Å². The normalized spacial score (nSPS) is 18.8. The number of hydrogen-bond donors (Lipinski definition) is 1. The van der Waals surface area contributed by atoms with Gasteiger partial charge in [-0.25, -0.2) is 0 Å². The van der Waals surface area contributed by atoms with Gasteiger partial charge in [0.2, 0.25) is 0 Å². The van der Waals surface area contributed by atoms with Gasteiger partial charge in [0, 0.05) is 20.1 Å². The van der Waals surface area contributed by atoms with Crippen molar-refractivity contribution in [3.8, 4) is 0 Å². The first-order valence-electron chi connectivity index (χ1n) is 7.12. The summed E-state index contributed by atoms with van der Waals surface area (Å²) in [5, 5.41) is 10.5. The molecule has 0 spiro atoms. The van der Waals surface area contributed by atoms with Crippen LogP contribution in [0.1, 0.15) is 41.5 Å². The second-order valence-corrected chi connectivity index (χ2v) is 13.8. The molecule has 0 radical (unpaired) electrons. The van der Waals surface area contributed by atoms with Crippen LogP contribution >= 0.6 is 0 Å². The van der Waals surface area contributed by atoms with E-state index in [1.54, 1.807) is 0 Å². The summed E-state index contributed by atoms with van der Waals surface area (Å²) in [7, 11) is -1.09. The molecule has 0 saturated carbocycles. The zero-order valence-corrected chi connectivity index (χ0v) is 14.9. The Bertz CT molecular complexity index is 250. The van der Waals surface area contributed by atoms with Gasteiger partial charge in [0.05, 0.1) is 0 Å². The van der Waals surface area contributed by atoms with Gasteiger partial charge in [-0.1, -0.05) is 61.2 Å². The van der Waals surface area contributed by atoms with Crippen molar-refractivity contribution in [2.45, 2.75) is 73.5 Å². The number of rotatable bonds is 6. The molecule has 0 saturated heterocycles. The van der Waals surface area contributed by atoms with Crippen LogP contribution in [0, 0.1) is 16.7 Å². The Kier molecular flexibility index (Phi) is 6.11. The summed E-state index contributed by atoms with van der Waals surface area (Å²) in [6.45, 7) is 20.7. The zero-order chi connectivity index (χ0) is 14.8. The van der Waals surface area contributed by atoms with Crippen molar-refractivity contribution >= 4 is 8.07 Å². The summed E-state index contributed by atoms with van der Waals surface area (Å²) < 4.78 is 5.76. The molecule has 0 aromatic rings. The lowest BCUT2D eigenvalue weighted by Gasteiger charge is -2.48. The van der Waals surface area contributed by atoms with E-state index in [-0.39, 0.29) is 10.8 Å². The summed E-state index contributed by atoms with van der Waals surface area (Å²) in [6, 6.07) is 1.10. The topological polar surface area (TPSA) is 29.5 Å². The van der Waals surface area contributed by atoms with Crippen molar-refractivity contribution in [3.63, 3.8) is 0 Å². The highest BCUT2D eigenvalue weighted by Crippen LogP contribution is 2.47. The van der Waals surface area contributed by atoms with Gasteiger partial charge in [-0.15, -0.1) is 0 Å². The van der Waals surface area contributed by atoms with E-state index in [4.69, 9.17) is 4.74 Å². The first-order valence-corrected chi connectivity index (χ1v) is 10.8. The molecule has 0 fully saturated rings. The van der Waals surface area contributed by atoms with Crippen molar-refractivity contribution in [2.24, 2.45) is 16.7 Å². The predicted molar refractivity (Wildman–Crippen MR) is 82.5 cm³/mol. The smallest absolute Gasteiger partial charge is 0.160 e. The van der Waals surface area contributed by atoms with Crippen molar-refractivity contribution in [1.29, 1.82) is 0 Å². The fourth-order valence-corrected chi connectivity index (χ4v) is 2.90. The minimum Gasteiger partial charge on any atom is -0.367 e. The van der Waals surface area contributed by atoms with Crippen LogP contribution in [0.25, 0.3) is 0 Å². The van der Waals surface area contributed by atoms with Gasteiger partial charge >= 0.3 is 0 Å². The second kappa shape index (κ2) is 6.06. The molecule has 0 aromatic carbocycles. The predicted octanol–water partition coefficient (Wildman–Crippen LogP) is 4.37. The van der Waals surface area contributed by atoms with E-state index in [0.717, 1.165) is 6.04 Å². The lowest BCUT2D eigenvalue weighted by atomic mass is 9.61. The molecule has 2 atom stereocenters. The molecule has 18 heavy (non-hydrogen) atoms. The monoisotopic (exact) mass is 274 g/mol. The highest BCUT2D eigenvalue weighted by molar-refractivity contribution is 6.76. The molecule has 2 nitrogen and oxygen atoms in total. The lowest BCUT2D eigenvalue weighted by Crippen LogP contribution is -2.48. The average molecular weight is 275 g/mol. The molecule has 110 valence electrons. The van der Waals surface area contributed by atoms with E-state index in [2.05, 4.69) is 61.2 Å².